The molecule has 24 heavy (non-hydrogen) atoms. The smallest absolute Gasteiger partial charge is 0.328 e. The molecular formula is C15H19N3O6. The highest BCUT2D eigenvalue weighted by atomic mass is 16.6. The second-order valence-electron chi connectivity index (χ2n) is 5.47. The summed E-state index contributed by atoms with van der Waals surface area (Å²) in [4.78, 5) is 35.9. The molecule has 1 amide bonds. The van der Waals surface area contributed by atoms with Crippen LogP contribution in [-0.4, -0.2) is 54.8 Å². The number of ether oxygens (including phenoxy) is 1. The van der Waals surface area contributed by atoms with Gasteiger partial charge in [0, 0.05) is 31.8 Å². The summed E-state index contributed by atoms with van der Waals surface area (Å²) < 4.78 is 4.74. The van der Waals surface area contributed by atoms with E-state index in [0.29, 0.717) is 5.69 Å². The summed E-state index contributed by atoms with van der Waals surface area (Å²) in [5.74, 6) is -1.94. The molecule has 1 aromatic rings. The fraction of sp³-hybridized carbons (Fsp3) is 0.467. The lowest BCUT2D eigenvalue weighted by molar-refractivity contribution is -0.384. The molecule has 9 nitrogen and oxygen atoms in total. The monoisotopic (exact) mass is 337 g/mol. The van der Waals surface area contributed by atoms with E-state index in [9.17, 15) is 19.7 Å². The van der Waals surface area contributed by atoms with Gasteiger partial charge in [0.2, 0.25) is 0 Å². The first-order valence-corrected chi connectivity index (χ1v) is 7.50. The molecule has 0 spiro atoms. The van der Waals surface area contributed by atoms with E-state index in [-0.39, 0.29) is 17.9 Å². The zero-order chi connectivity index (χ0) is 17.7. The number of aliphatic carboxylic acids is 1. The molecule has 2 N–H and O–H groups in total. The van der Waals surface area contributed by atoms with E-state index in [2.05, 4.69) is 5.32 Å². The summed E-state index contributed by atoms with van der Waals surface area (Å²) in [6.45, 7) is 1.28. The van der Waals surface area contributed by atoms with E-state index < -0.39 is 22.8 Å². The number of nitrogens with one attached hydrogen (secondary N) is 1. The van der Waals surface area contributed by atoms with E-state index in [1.54, 1.807) is 0 Å². The zero-order valence-corrected chi connectivity index (χ0v) is 13.2. The summed E-state index contributed by atoms with van der Waals surface area (Å²) >= 11 is 0. The minimum absolute atomic E-state index is 0.0343. The number of anilines is 1. The third-order valence-corrected chi connectivity index (χ3v) is 3.82. The Hall–Kier alpha value is -2.68. The van der Waals surface area contributed by atoms with Gasteiger partial charge in [-0.1, -0.05) is 0 Å². The highest BCUT2D eigenvalue weighted by Crippen LogP contribution is 2.31. The number of carbonyl (C=O) groups excluding carboxylic acids is 1. The van der Waals surface area contributed by atoms with Crippen LogP contribution in [0.15, 0.2) is 18.2 Å². The molecule has 0 bridgehead atoms. The normalized spacial score (nSPS) is 15.1. The van der Waals surface area contributed by atoms with Crippen molar-refractivity contribution >= 4 is 23.3 Å². The molecule has 1 heterocycles. The van der Waals surface area contributed by atoms with E-state index in [1.165, 1.54) is 25.3 Å². The van der Waals surface area contributed by atoms with Crippen molar-refractivity contribution < 1.29 is 24.4 Å². The Morgan fingerprint density at radius 2 is 2.08 bits per heavy atom. The van der Waals surface area contributed by atoms with Crippen LogP contribution in [0.2, 0.25) is 0 Å². The molecule has 130 valence electrons. The zero-order valence-electron chi connectivity index (χ0n) is 13.2. The van der Waals surface area contributed by atoms with Gasteiger partial charge in [-0.15, -0.1) is 0 Å². The minimum atomic E-state index is -1.24. The number of carboxylic acid groups (broad SMARTS) is 1. The number of benzene rings is 1. The van der Waals surface area contributed by atoms with Crippen molar-refractivity contribution in [3.63, 3.8) is 0 Å². The predicted octanol–water partition coefficient (Wildman–Crippen LogP) is 1.02. The van der Waals surface area contributed by atoms with Gasteiger partial charge in [0.1, 0.15) is 5.69 Å². The number of carbonyl (C=O) groups is 2. The van der Waals surface area contributed by atoms with Crippen LogP contribution >= 0.6 is 0 Å². The van der Waals surface area contributed by atoms with Gasteiger partial charge >= 0.3 is 5.97 Å². The average molecular weight is 337 g/mol. The van der Waals surface area contributed by atoms with Gasteiger partial charge in [0.25, 0.3) is 11.6 Å². The topological polar surface area (TPSA) is 122 Å². The van der Waals surface area contributed by atoms with E-state index >= 15 is 0 Å². The fourth-order valence-electron chi connectivity index (χ4n) is 2.62. The molecule has 9 heteroatoms. The predicted molar refractivity (Wildman–Crippen MR) is 85.3 cm³/mol. The molecule has 1 aromatic carbocycles. The average Bonchev–Trinajstić information content (AvgIpc) is 3.07. The van der Waals surface area contributed by atoms with Crippen molar-refractivity contribution in [3.8, 4) is 0 Å². The van der Waals surface area contributed by atoms with Crippen LogP contribution < -0.4 is 10.2 Å². The van der Waals surface area contributed by atoms with Crippen molar-refractivity contribution in [1.29, 1.82) is 0 Å². The fourth-order valence-corrected chi connectivity index (χ4v) is 2.62. The number of carboxylic acids is 1. The third kappa shape index (κ3) is 3.99. The lowest BCUT2D eigenvalue weighted by atomic mass is 10.1. The maximum Gasteiger partial charge on any atom is 0.328 e. The molecule has 1 atom stereocenters. The Kier molecular flexibility index (Phi) is 5.69. The number of hydrogen-bond acceptors (Lipinski definition) is 6. The molecule has 0 saturated carbocycles. The Bertz CT molecular complexity index is 642. The van der Waals surface area contributed by atoms with Crippen LogP contribution in [0.25, 0.3) is 0 Å². The van der Waals surface area contributed by atoms with E-state index in [1.807, 2.05) is 4.90 Å². The maximum atomic E-state index is 12.2. The minimum Gasteiger partial charge on any atom is -0.480 e. The van der Waals surface area contributed by atoms with Crippen LogP contribution in [0.4, 0.5) is 11.4 Å². The van der Waals surface area contributed by atoms with Crippen LogP contribution in [0, 0.1) is 10.1 Å². The van der Waals surface area contributed by atoms with Gasteiger partial charge in [-0.3, -0.25) is 14.9 Å². The molecule has 1 aliphatic rings. The van der Waals surface area contributed by atoms with Crippen LogP contribution in [0.5, 0.6) is 0 Å². The standard InChI is InChI=1S/C15H19N3O6/c1-24-9-11(15(20)21)16-14(19)10-4-5-12(13(8-10)18(22)23)17-6-2-3-7-17/h4-5,8,11H,2-3,6-7,9H2,1H3,(H,16,19)(H,20,21). The van der Waals surface area contributed by atoms with E-state index in [4.69, 9.17) is 9.84 Å². The summed E-state index contributed by atoms with van der Waals surface area (Å²) in [6, 6.07) is 2.95. The Balaban J connectivity index is 2.24. The molecule has 0 radical (unpaired) electrons. The number of methoxy groups -OCH3 is 1. The molecular weight excluding hydrogens is 318 g/mol. The molecule has 1 aliphatic heterocycles. The maximum absolute atomic E-state index is 12.2. The van der Waals surface area contributed by atoms with E-state index in [0.717, 1.165) is 25.9 Å². The third-order valence-electron chi connectivity index (χ3n) is 3.82. The number of nitro benzene ring substituents is 1. The van der Waals surface area contributed by atoms with Gasteiger partial charge < -0.3 is 20.1 Å². The number of amides is 1. The number of rotatable bonds is 7. The first kappa shape index (κ1) is 17.7. The first-order chi connectivity index (χ1) is 11.4. The van der Waals surface area contributed by atoms with Crippen LogP contribution in [0.1, 0.15) is 23.2 Å². The number of nitrogens with zero attached hydrogens (tertiary/aromatic N) is 2. The molecule has 0 aliphatic carbocycles. The summed E-state index contributed by atoms with van der Waals surface area (Å²) in [5, 5.41) is 22.6. The number of nitro groups is 1. The largest absolute Gasteiger partial charge is 0.480 e. The Morgan fingerprint density at radius 1 is 1.42 bits per heavy atom. The van der Waals surface area contributed by atoms with Gasteiger partial charge in [-0.2, -0.15) is 0 Å². The highest BCUT2D eigenvalue weighted by Gasteiger charge is 2.25. The lowest BCUT2D eigenvalue weighted by Crippen LogP contribution is -2.43. The van der Waals surface area contributed by atoms with Gasteiger partial charge in [0.15, 0.2) is 6.04 Å². The molecule has 1 saturated heterocycles. The van der Waals surface area contributed by atoms with Crippen molar-refractivity contribution in [2.45, 2.75) is 18.9 Å². The van der Waals surface area contributed by atoms with Gasteiger partial charge in [-0.05, 0) is 25.0 Å². The summed E-state index contributed by atoms with van der Waals surface area (Å²) in [5.41, 5.74) is 0.343. The molecule has 1 fully saturated rings. The number of hydrogen-bond donors (Lipinski definition) is 2. The van der Waals surface area contributed by atoms with Crippen molar-refractivity contribution in [2.24, 2.45) is 0 Å². The second-order valence-corrected chi connectivity index (χ2v) is 5.47. The second kappa shape index (κ2) is 7.73. The highest BCUT2D eigenvalue weighted by molar-refractivity contribution is 5.98. The Labute approximate surface area is 138 Å². The van der Waals surface area contributed by atoms with Crippen molar-refractivity contribution in [3.05, 3.63) is 33.9 Å². The molecule has 2 rings (SSSR count). The summed E-state index contributed by atoms with van der Waals surface area (Å²) in [7, 11) is 1.32. The molecule has 0 aromatic heterocycles. The van der Waals surface area contributed by atoms with Crippen LogP contribution in [-0.2, 0) is 9.53 Å². The SMILES string of the molecule is COCC(NC(=O)c1ccc(N2CCCC2)c([N+](=O)[O-])c1)C(=O)O. The Morgan fingerprint density at radius 3 is 2.62 bits per heavy atom. The van der Waals surface area contributed by atoms with Crippen molar-refractivity contribution in [1.82, 2.24) is 5.32 Å². The van der Waals surface area contributed by atoms with Gasteiger partial charge in [-0.25, -0.2) is 4.79 Å². The van der Waals surface area contributed by atoms with Crippen LogP contribution in [0.3, 0.4) is 0 Å². The van der Waals surface area contributed by atoms with Gasteiger partial charge in [0.05, 0.1) is 11.5 Å². The van der Waals surface area contributed by atoms with Crippen molar-refractivity contribution in [2.75, 3.05) is 31.7 Å². The summed E-state index contributed by atoms with van der Waals surface area (Å²) in [6.07, 6.45) is 1.94. The first-order valence-electron chi connectivity index (χ1n) is 7.50. The molecule has 1 unspecified atom stereocenters. The lowest BCUT2D eigenvalue weighted by Gasteiger charge is -2.18. The quantitative estimate of drug-likeness (QED) is 0.562.